The first kappa shape index (κ1) is 15.6. The lowest BCUT2D eigenvalue weighted by atomic mass is 10.1. The van der Waals surface area contributed by atoms with E-state index >= 15 is 0 Å². The van der Waals surface area contributed by atoms with Crippen molar-refractivity contribution in [3.63, 3.8) is 0 Å². The molecule has 1 aromatic carbocycles. The van der Waals surface area contributed by atoms with Gasteiger partial charge in [0.05, 0.1) is 11.6 Å². The van der Waals surface area contributed by atoms with Crippen molar-refractivity contribution in [3.05, 3.63) is 35.5 Å². The number of hydrogen-bond donors (Lipinski definition) is 2. The first-order valence-electron chi connectivity index (χ1n) is 7.58. The van der Waals surface area contributed by atoms with Crippen LogP contribution in [0.25, 0.3) is 10.9 Å². The van der Waals surface area contributed by atoms with Gasteiger partial charge in [0.25, 0.3) is 0 Å². The monoisotopic (exact) mass is 284 g/mol. The Balaban J connectivity index is 1.85. The second-order valence-corrected chi connectivity index (χ2v) is 5.55. The highest BCUT2D eigenvalue weighted by Gasteiger charge is 2.05. The summed E-state index contributed by atoms with van der Waals surface area (Å²) in [6.45, 7) is 3.26. The molecule has 0 aliphatic carbocycles. The topological polar surface area (TPSA) is 54.8 Å². The molecule has 0 spiro atoms. The van der Waals surface area contributed by atoms with Crippen LogP contribution in [0.1, 0.15) is 24.0 Å². The molecule has 0 saturated carbocycles. The number of rotatable bonds is 8. The molecule has 21 heavy (non-hydrogen) atoms. The normalized spacial score (nSPS) is 11.1. The molecule has 0 radical (unpaired) electrons. The number of benzene rings is 1. The van der Waals surface area contributed by atoms with E-state index in [-0.39, 0.29) is 0 Å². The first-order chi connectivity index (χ1) is 10.2. The predicted octanol–water partition coefficient (Wildman–Crippen LogP) is 2.51. The van der Waals surface area contributed by atoms with Gasteiger partial charge in [-0.1, -0.05) is 0 Å². The van der Waals surface area contributed by atoms with Crippen LogP contribution in [0.5, 0.6) is 0 Å². The molecule has 0 aliphatic rings. The average molecular weight is 284 g/mol. The van der Waals surface area contributed by atoms with E-state index in [1.54, 1.807) is 0 Å². The molecule has 1 aromatic heterocycles. The number of fused-ring (bicyclic) bond motifs is 1. The van der Waals surface area contributed by atoms with Gasteiger partial charge in [-0.05, 0) is 63.7 Å². The lowest BCUT2D eigenvalue weighted by Crippen LogP contribution is -2.28. The van der Waals surface area contributed by atoms with Crippen molar-refractivity contribution in [2.24, 2.45) is 0 Å². The summed E-state index contributed by atoms with van der Waals surface area (Å²) in [6.07, 6.45) is 5.52. The fraction of sp³-hybridized carbons (Fsp3) is 0.471. The summed E-state index contributed by atoms with van der Waals surface area (Å²) in [5.74, 6) is 0. The van der Waals surface area contributed by atoms with Crippen LogP contribution in [0.4, 0.5) is 0 Å². The van der Waals surface area contributed by atoms with Crippen molar-refractivity contribution in [2.45, 2.75) is 19.3 Å². The Morgan fingerprint density at radius 3 is 2.90 bits per heavy atom. The number of H-pyrrole nitrogens is 1. The third kappa shape index (κ3) is 4.32. The maximum atomic E-state index is 9.00. The van der Waals surface area contributed by atoms with Crippen LogP contribution < -0.4 is 5.32 Å². The summed E-state index contributed by atoms with van der Waals surface area (Å²) in [7, 11) is 4.16. The van der Waals surface area contributed by atoms with Crippen molar-refractivity contribution in [3.8, 4) is 6.07 Å². The van der Waals surface area contributed by atoms with Crippen LogP contribution >= 0.6 is 0 Å². The molecule has 0 atom stereocenters. The van der Waals surface area contributed by atoms with Crippen molar-refractivity contribution < 1.29 is 0 Å². The molecule has 0 unspecified atom stereocenters. The Morgan fingerprint density at radius 2 is 2.14 bits per heavy atom. The van der Waals surface area contributed by atoms with Gasteiger partial charge in [-0.2, -0.15) is 5.26 Å². The Morgan fingerprint density at radius 1 is 1.29 bits per heavy atom. The third-order valence-electron chi connectivity index (χ3n) is 3.88. The number of hydrogen-bond acceptors (Lipinski definition) is 3. The SMILES string of the molecule is CNCCN(C)CCCCc1c[nH]c2ccc(C#N)cc12. The van der Waals surface area contributed by atoms with Gasteiger partial charge in [0.15, 0.2) is 0 Å². The van der Waals surface area contributed by atoms with Gasteiger partial charge in [-0.3, -0.25) is 0 Å². The van der Waals surface area contributed by atoms with E-state index in [0.717, 1.165) is 37.1 Å². The number of aromatic nitrogens is 1. The Labute approximate surface area is 126 Å². The van der Waals surface area contributed by atoms with Crippen molar-refractivity contribution >= 4 is 10.9 Å². The molecule has 2 aromatic rings. The fourth-order valence-electron chi connectivity index (χ4n) is 2.57. The molecule has 0 saturated heterocycles. The molecule has 0 fully saturated rings. The quantitative estimate of drug-likeness (QED) is 0.732. The average Bonchev–Trinajstić information content (AvgIpc) is 2.91. The van der Waals surface area contributed by atoms with Gasteiger partial charge in [0.2, 0.25) is 0 Å². The number of nitrogens with zero attached hydrogens (tertiary/aromatic N) is 2. The molecular formula is C17H24N4. The third-order valence-corrected chi connectivity index (χ3v) is 3.88. The minimum Gasteiger partial charge on any atom is -0.361 e. The van der Waals surface area contributed by atoms with Crippen LogP contribution in [0.3, 0.4) is 0 Å². The number of nitriles is 1. The zero-order valence-electron chi connectivity index (χ0n) is 12.9. The Kier molecular flexibility index (Phi) is 5.79. The van der Waals surface area contributed by atoms with Crippen LogP contribution in [0.15, 0.2) is 24.4 Å². The highest BCUT2D eigenvalue weighted by molar-refractivity contribution is 5.84. The van der Waals surface area contributed by atoms with Gasteiger partial charge in [-0.15, -0.1) is 0 Å². The highest BCUT2D eigenvalue weighted by atomic mass is 15.1. The van der Waals surface area contributed by atoms with E-state index in [4.69, 9.17) is 5.26 Å². The predicted molar refractivity (Wildman–Crippen MR) is 87.4 cm³/mol. The second kappa shape index (κ2) is 7.82. The molecule has 4 heteroatoms. The number of aryl methyl sites for hydroxylation is 1. The lowest BCUT2D eigenvalue weighted by Gasteiger charge is -2.15. The zero-order chi connectivity index (χ0) is 15.1. The second-order valence-electron chi connectivity index (χ2n) is 5.55. The highest BCUT2D eigenvalue weighted by Crippen LogP contribution is 2.21. The summed E-state index contributed by atoms with van der Waals surface area (Å²) < 4.78 is 0. The number of aromatic amines is 1. The lowest BCUT2D eigenvalue weighted by molar-refractivity contribution is 0.327. The summed E-state index contributed by atoms with van der Waals surface area (Å²) in [5.41, 5.74) is 3.17. The standard InChI is InChI=1S/C17H24N4/c1-19-8-10-21(2)9-4-3-5-15-13-20-17-7-6-14(12-18)11-16(15)17/h6-7,11,13,19-20H,3-5,8-10H2,1-2H3. The van der Waals surface area contributed by atoms with Gasteiger partial charge in [-0.25, -0.2) is 0 Å². The molecule has 2 rings (SSSR count). The van der Waals surface area contributed by atoms with Crippen LogP contribution in [0, 0.1) is 11.3 Å². The van der Waals surface area contributed by atoms with Gasteiger partial charge >= 0.3 is 0 Å². The minimum atomic E-state index is 0.732. The first-order valence-corrected chi connectivity index (χ1v) is 7.58. The summed E-state index contributed by atoms with van der Waals surface area (Å²) >= 11 is 0. The van der Waals surface area contributed by atoms with E-state index in [2.05, 4.69) is 34.5 Å². The largest absolute Gasteiger partial charge is 0.361 e. The molecular weight excluding hydrogens is 260 g/mol. The zero-order valence-corrected chi connectivity index (χ0v) is 12.9. The van der Waals surface area contributed by atoms with Crippen molar-refractivity contribution in [1.82, 2.24) is 15.2 Å². The van der Waals surface area contributed by atoms with Crippen molar-refractivity contribution in [1.29, 1.82) is 5.26 Å². The summed E-state index contributed by atoms with van der Waals surface area (Å²) in [6, 6.07) is 8.05. The summed E-state index contributed by atoms with van der Waals surface area (Å²) in [5, 5.41) is 13.4. The van der Waals surface area contributed by atoms with Crippen LogP contribution in [-0.2, 0) is 6.42 Å². The molecule has 4 nitrogen and oxygen atoms in total. The Hall–Kier alpha value is -1.83. The van der Waals surface area contributed by atoms with E-state index in [9.17, 15) is 0 Å². The smallest absolute Gasteiger partial charge is 0.0991 e. The minimum absolute atomic E-state index is 0.732. The van der Waals surface area contributed by atoms with Gasteiger partial charge in [0, 0.05) is 30.2 Å². The fourth-order valence-corrected chi connectivity index (χ4v) is 2.57. The Bertz CT molecular complexity index is 609. The summed E-state index contributed by atoms with van der Waals surface area (Å²) in [4.78, 5) is 5.65. The number of nitrogens with one attached hydrogen (secondary N) is 2. The van der Waals surface area contributed by atoms with Crippen LogP contribution in [-0.4, -0.2) is 43.6 Å². The molecule has 0 bridgehead atoms. The van der Waals surface area contributed by atoms with E-state index in [1.807, 2.05) is 25.2 Å². The number of unbranched alkanes of at least 4 members (excludes halogenated alkanes) is 1. The van der Waals surface area contributed by atoms with Crippen molar-refractivity contribution in [2.75, 3.05) is 33.7 Å². The number of likely N-dealkylation sites (N-methyl/N-ethyl adjacent to an activating group) is 2. The molecule has 112 valence electrons. The van der Waals surface area contributed by atoms with E-state index < -0.39 is 0 Å². The van der Waals surface area contributed by atoms with E-state index in [0.29, 0.717) is 0 Å². The molecule has 1 heterocycles. The van der Waals surface area contributed by atoms with E-state index in [1.165, 1.54) is 23.8 Å². The van der Waals surface area contributed by atoms with Crippen LogP contribution in [0.2, 0.25) is 0 Å². The maximum absolute atomic E-state index is 9.00. The maximum Gasteiger partial charge on any atom is 0.0991 e. The molecule has 0 aliphatic heterocycles. The molecule has 0 amide bonds. The van der Waals surface area contributed by atoms with Gasteiger partial charge in [0.1, 0.15) is 0 Å². The van der Waals surface area contributed by atoms with Gasteiger partial charge < -0.3 is 15.2 Å². The molecule has 2 N–H and O–H groups in total.